The molecule has 0 bridgehead atoms. The van der Waals surface area contributed by atoms with E-state index in [1.165, 1.54) is 9.75 Å². The van der Waals surface area contributed by atoms with Gasteiger partial charge in [-0.3, -0.25) is 9.79 Å². The lowest BCUT2D eigenvalue weighted by atomic mass is 10.2. The Morgan fingerprint density at radius 3 is 2.52 bits per heavy atom. The largest absolute Gasteiger partial charge is 0.352 e. The van der Waals surface area contributed by atoms with Crippen LogP contribution in [-0.4, -0.2) is 36.9 Å². The van der Waals surface area contributed by atoms with Gasteiger partial charge in [0.1, 0.15) is 0 Å². The van der Waals surface area contributed by atoms with Gasteiger partial charge < -0.3 is 15.5 Å². The van der Waals surface area contributed by atoms with Crippen LogP contribution in [0, 0.1) is 6.92 Å². The van der Waals surface area contributed by atoms with Gasteiger partial charge in [-0.2, -0.15) is 0 Å². The zero-order chi connectivity index (χ0) is 18.1. The zero-order valence-electron chi connectivity index (χ0n) is 15.1. The number of nitrogens with zero attached hydrogens (tertiary/aromatic N) is 2. The quantitative estimate of drug-likeness (QED) is 0.591. The molecule has 0 aliphatic heterocycles. The van der Waals surface area contributed by atoms with Crippen LogP contribution in [0.3, 0.4) is 0 Å². The number of rotatable bonds is 7. The maximum atomic E-state index is 12.5. The Morgan fingerprint density at radius 2 is 1.92 bits per heavy atom. The van der Waals surface area contributed by atoms with Crippen LogP contribution < -0.4 is 10.6 Å². The summed E-state index contributed by atoms with van der Waals surface area (Å²) in [6.45, 7) is 6.31. The number of hydrogen-bond acceptors (Lipinski definition) is 3. The highest BCUT2D eigenvalue weighted by Crippen LogP contribution is 2.14. The maximum Gasteiger partial charge on any atom is 0.242 e. The highest BCUT2D eigenvalue weighted by atomic mass is 32.1. The monoisotopic (exact) mass is 358 g/mol. The highest BCUT2D eigenvalue weighted by molar-refractivity contribution is 7.11. The third-order valence-electron chi connectivity index (χ3n) is 3.81. The third kappa shape index (κ3) is 6.23. The smallest absolute Gasteiger partial charge is 0.242 e. The predicted molar refractivity (Wildman–Crippen MR) is 105 cm³/mol. The molecule has 0 spiro atoms. The lowest BCUT2D eigenvalue weighted by molar-refractivity contribution is -0.130. The first kappa shape index (κ1) is 19.0. The van der Waals surface area contributed by atoms with E-state index in [0.717, 1.165) is 5.56 Å². The van der Waals surface area contributed by atoms with Crippen LogP contribution in [0.5, 0.6) is 0 Å². The van der Waals surface area contributed by atoms with E-state index in [1.54, 1.807) is 18.4 Å². The summed E-state index contributed by atoms with van der Waals surface area (Å²) in [5.41, 5.74) is 1.13. The molecule has 0 atom stereocenters. The highest BCUT2D eigenvalue weighted by Gasteiger charge is 2.12. The Morgan fingerprint density at radius 1 is 1.16 bits per heavy atom. The molecular formula is C19H26N4OS. The van der Waals surface area contributed by atoms with E-state index in [2.05, 4.69) is 34.7 Å². The van der Waals surface area contributed by atoms with Crippen LogP contribution in [-0.2, 0) is 17.9 Å². The fraction of sp³-hybridized carbons (Fsp3) is 0.368. The van der Waals surface area contributed by atoms with Gasteiger partial charge in [0, 0.05) is 29.9 Å². The number of guanidine groups is 1. The van der Waals surface area contributed by atoms with Crippen molar-refractivity contribution in [2.75, 3.05) is 20.1 Å². The molecule has 0 saturated heterocycles. The number of carbonyl (C=O) groups is 1. The molecule has 0 radical (unpaired) electrons. The van der Waals surface area contributed by atoms with Gasteiger partial charge in [-0.1, -0.05) is 30.3 Å². The van der Waals surface area contributed by atoms with Crippen LogP contribution in [0.25, 0.3) is 0 Å². The second-order valence-electron chi connectivity index (χ2n) is 5.69. The molecule has 1 heterocycles. The lowest BCUT2D eigenvalue weighted by Crippen LogP contribution is -2.44. The molecule has 0 unspecified atom stereocenters. The second kappa shape index (κ2) is 9.84. The molecule has 2 aromatic rings. The van der Waals surface area contributed by atoms with E-state index < -0.39 is 0 Å². The summed E-state index contributed by atoms with van der Waals surface area (Å²) >= 11 is 1.75. The summed E-state index contributed by atoms with van der Waals surface area (Å²) in [5, 5.41) is 6.34. The summed E-state index contributed by atoms with van der Waals surface area (Å²) in [6.07, 6.45) is 0. The first-order chi connectivity index (χ1) is 12.1. The Bertz CT molecular complexity index is 696. The van der Waals surface area contributed by atoms with Crippen molar-refractivity contribution >= 4 is 23.2 Å². The summed E-state index contributed by atoms with van der Waals surface area (Å²) in [7, 11) is 1.71. The van der Waals surface area contributed by atoms with Crippen molar-refractivity contribution in [2.24, 2.45) is 4.99 Å². The molecule has 134 valence electrons. The number of amides is 1. The topological polar surface area (TPSA) is 56.7 Å². The molecule has 1 aromatic carbocycles. The number of aliphatic imine (C=N–C) groups is 1. The molecule has 1 aromatic heterocycles. The Kier molecular flexibility index (Phi) is 7.47. The predicted octanol–water partition coefficient (Wildman–Crippen LogP) is 2.77. The molecule has 5 nitrogen and oxygen atoms in total. The van der Waals surface area contributed by atoms with Gasteiger partial charge in [0.2, 0.25) is 5.91 Å². The SMILES string of the molecule is CCN(Cc1ccccc1)C(=O)CNC(=NC)NCc1ccc(C)s1. The fourth-order valence-electron chi connectivity index (χ4n) is 2.42. The van der Waals surface area contributed by atoms with Gasteiger partial charge in [-0.05, 0) is 31.5 Å². The third-order valence-corrected chi connectivity index (χ3v) is 4.81. The molecule has 1 amide bonds. The number of benzene rings is 1. The molecule has 2 N–H and O–H groups in total. The minimum atomic E-state index is 0.0567. The van der Waals surface area contributed by atoms with Crippen molar-refractivity contribution in [1.82, 2.24) is 15.5 Å². The second-order valence-corrected chi connectivity index (χ2v) is 7.06. The summed E-state index contributed by atoms with van der Waals surface area (Å²) in [5.74, 6) is 0.691. The van der Waals surface area contributed by atoms with E-state index in [-0.39, 0.29) is 12.5 Å². The molecule has 25 heavy (non-hydrogen) atoms. The molecule has 0 fully saturated rings. The van der Waals surface area contributed by atoms with Crippen molar-refractivity contribution in [3.05, 3.63) is 57.8 Å². The number of thiophene rings is 1. The molecule has 2 rings (SSSR count). The van der Waals surface area contributed by atoms with Gasteiger partial charge in [-0.15, -0.1) is 11.3 Å². The molecule has 0 aliphatic carbocycles. The summed E-state index contributed by atoms with van der Waals surface area (Å²) in [6, 6.07) is 14.2. The van der Waals surface area contributed by atoms with E-state index >= 15 is 0 Å². The maximum absolute atomic E-state index is 12.5. The van der Waals surface area contributed by atoms with E-state index in [4.69, 9.17) is 0 Å². The van der Waals surface area contributed by atoms with Crippen molar-refractivity contribution < 1.29 is 4.79 Å². The van der Waals surface area contributed by atoms with E-state index in [1.807, 2.05) is 42.2 Å². The lowest BCUT2D eigenvalue weighted by Gasteiger charge is -2.22. The van der Waals surface area contributed by atoms with Crippen LogP contribution >= 0.6 is 11.3 Å². The molecule has 0 aliphatic rings. The average molecular weight is 359 g/mol. The number of carbonyl (C=O) groups excluding carboxylic acids is 1. The number of likely N-dealkylation sites (N-methyl/N-ethyl adjacent to an activating group) is 1. The minimum absolute atomic E-state index is 0.0567. The first-order valence-corrected chi connectivity index (χ1v) is 9.25. The van der Waals surface area contributed by atoms with Gasteiger partial charge in [-0.25, -0.2) is 0 Å². The summed E-state index contributed by atoms with van der Waals surface area (Å²) in [4.78, 5) is 21.0. The summed E-state index contributed by atoms with van der Waals surface area (Å²) < 4.78 is 0. The number of aryl methyl sites for hydroxylation is 1. The van der Waals surface area contributed by atoms with Crippen LogP contribution in [0.4, 0.5) is 0 Å². The van der Waals surface area contributed by atoms with Crippen LogP contribution in [0.15, 0.2) is 47.5 Å². The van der Waals surface area contributed by atoms with Gasteiger partial charge in [0.15, 0.2) is 5.96 Å². The van der Waals surface area contributed by atoms with Crippen molar-refractivity contribution in [3.63, 3.8) is 0 Å². The zero-order valence-corrected chi connectivity index (χ0v) is 15.9. The van der Waals surface area contributed by atoms with E-state index in [0.29, 0.717) is 25.6 Å². The van der Waals surface area contributed by atoms with Gasteiger partial charge in [0.05, 0.1) is 13.1 Å². The normalized spacial score (nSPS) is 11.2. The number of hydrogen-bond donors (Lipinski definition) is 2. The molecule has 0 saturated carbocycles. The van der Waals surface area contributed by atoms with Crippen molar-refractivity contribution in [3.8, 4) is 0 Å². The Hall–Kier alpha value is -2.34. The standard InChI is InChI=1S/C19H26N4OS/c1-4-23(14-16-8-6-5-7-9-16)18(24)13-22-19(20-3)21-12-17-11-10-15(2)25-17/h5-11H,4,12-14H2,1-3H3,(H2,20,21,22). The van der Waals surface area contributed by atoms with E-state index in [9.17, 15) is 4.79 Å². The number of nitrogens with one attached hydrogen (secondary N) is 2. The average Bonchev–Trinajstić information content (AvgIpc) is 3.05. The van der Waals surface area contributed by atoms with Gasteiger partial charge in [0.25, 0.3) is 0 Å². The van der Waals surface area contributed by atoms with Crippen LogP contribution in [0.1, 0.15) is 22.2 Å². The Balaban J connectivity index is 1.81. The van der Waals surface area contributed by atoms with Gasteiger partial charge >= 0.3 is 0 Å². The first-order valence-electron chi connectivity index (χ1n) is 8.44. The minimum Gasteiger partial charge on any atom is -0.352 e. The van der Waals surface area contributed by atoms with Crippen molar-refractivity contribution in [1.29, 1.82) is 0 Å². The van der Waals surface area contributed by atoms with Crippen LogP contribution in [0.2, 0.25) is 0 Å². The van der Waals surface area contributed by atoms with Crippen molar-refractivity contribution in [2.45, 2.75) is 26.9 Å². The fourth-order valence-corrected chi connectivity index (χ4v) is 3.25. The molecule has 6 heteroatoms. The molecular weight excluding hydrogens is 332 g/mol. The Labute approximate surface area is 153 Å².